The monoisotopic (exact) mass is 344 g/mol. The zero-order valence-corrected chi connectivity index (χ0v) is 15.4. The van der Waals surface area contributed by atoms with Gasteiger partial charge >= 0.3 is 0 Å². The average Bonchev–Trinajstić information content (AvgIpc) is 2.87. The van der Waals surface area contributed by atoms with Crippen LogP contribution in [0.5, 0.6) is 0 Å². The molecular formula is C23H24N2O. The molecule has 2 aliphatic rings. The molecule has 0 spiro atoms. The number of carbonyl (C=O) groups excluding carboxylic acids is 1. The summed E-state index contributed by atoms with van der Waals surface area (Å²) in [7, 11) is 1.95. The smallest absolute Gasteiger partial charge is 0.232 e. The Hall–Kier alpha value is -2.60. The zero-order chi connectivity index (χ0) is 18.1. The van der Waals surface area contributed by atoms with Gasteiger partial charge in [0.1, 0.15) is 0 Å². The standard InChI is InChI=1S/C23H24N2O/c1-23-15-7-6-10-20(23)25(2)22(26)21(23)19-14-13-18(16-24-19)12-11-17-8-4-3-5-9-17/h3-5,8-9,13-14,16,20-21H,6-7,10,15H2,1-2H3/t20-,21?,23+/m0/s1. The second-order valence-corrected chi connectivity index (χ2v) is 7.74. The topological polar surface area (TPSA) is 33.2 Å². The molecule has 1 saturated heterocycles. The number of fused-ring (bicyclic) bond motifs is 1. The zero-order valence-electron chi connectivity index (χ0n) is 15.4. The molecule has 1 amide bonds. The molecule has 3 nitrogen and oxygen atoms in total. The number of hydrogen-bond acceptors (Lipinski definition) is 2. The van der Waals surface area contributed by atoms with Gasteiger partial charge in [-0.1, -0.05) is 49.8 Å². The Morgan fingerprint density at radius 3 is 2.58 bits per heavy atom. The molecule has 3 atom stereocenters. The SMILES string of the molecule is CN1C(=O)C(c2ccc(C#Cc3ccccc3)cn2)[C@]2(C)CCCC[C@H]12. The quantitative estimate of drug-likeness (QED) is 0.733. The second kappa shape index (κ2) is 6.61. The Bertz CT molecular complexity index is 863. The Labute approximate surface area is 155 Å². The number of rotatable bonds is 1. The van der Waals surface area contributed by atoms with E-state index in [1.807, 2.05) is 54.4 Å². The van der Waals surface area contributed by atoms with Crippen molar-refractivity contribution in [2.24, 2.45) is 5.41 Å². The number of carbonyl (C=O) groups is 1. The lowest BCUT2D eigenvalue weighted by Crippen LogP contribution is -2.40. The first kappa shape index (κ1) is 16.8. The van der Waals surface area contributed by atoms with Crippen LogP contribution in [0.15, 0.2) is 48.7 Å². The number of nitrogens with zero attached hydrogens (tertiary/aromatic N) is 2. The molecule has 1 aromatic carbocycles. The summed E-state index contributed by atoms with van der Waals surface area (Å²) in [6.07, 6.45) is 6.42. The lowest BCUT2D eigenvalue weighted by atomic mass is 9.66. The molecule has 3 heteroatoms. The van der Waals surface area contributed by atoms with E-state index in [2.05, 4.69) is 23.7 Å². The van der Waals surface area contributed by atoms with Crippen molar-refractivity contribution in [1.29, 1.82) is 0 Å². The number of pyridine rings is 1. The maximum Gasteiger partial charge on any atom is 0.232 e. The Morgan fingerprint density at radius 1 is 1.08 bits per heavy atom. The number of likely N-dealkylation sites (N-methyl/N-ethyl adjacent to an activating group) is 1. The summed E-state index contributed by atoms with van der Waals surface area (Å²) in [6.45, 7) is 2.27. The van der Waals surface area contributed by atoms with Crippen molar-refractivity contribution in [3.8, 4) is 11.8 Å². The highest BCUT2D eigenvalue weighted by Gasteiger charge is 2.56. The fourth-order valence-corrected chi connectivity index (χ4v) is 4.73. The molecule has 2 heterocycles. The Kier molecular flexibility index (Phi) is 4.28. The van der Waals surface area contributed by atoms with Crippen molar-refractivity contribution < 1.29 is 4.79 Å². The van der Waals surface area contributed by atoms with Crippen LogP contribution < -0.4 is 0 Å². The molecule has 1 saturated carbocycles. The van der Waals surface area contributed by atoms with Gasteiger partial charge in [-0.05, 0) is 37.1 Å². The minimum atomic E-state index is -0.131. The first-order chi connectivity index (χ1) is 12.6. The fourth-order valence-electron chi connectivity index (χ4n) is 4.73. The minimum absolute atomic E-state index is 0.00564. The molecular weight excluding hydrogens is 320 g/mol. The third kappa shape index (κ3) is 2.80. The van der Waals surface area contributed by atoms with Gasteiger partial charge in [0.25, 0.3) is 0 Å². The number of hydrogen-bond donors (Lipinski definition) is 0. The van der Waals surface area contributed by atoms with Gasteiger partial charge in [-0.2, -0.15) is 0 Å². The second-order valence-electron chi connectivity index (χ2n) is 7.74. The summed E-state index contributed by atoms with van der Waals surface area (Å²) in [6, 6.07) is 14.3. The predicted molar refractivity (Wildman–Crippen MR) is 103 cm³/mol. The Balaban J connectivity index is 1.61. The molecule has 2 fully saturated rings. The van der Waals surface area contributed by atoms with Gasteiger partial charge in [0, 0.05) is 35.8 Å². The van der Waals surface area contributed by atoms with E-state index in [1.165, 1.54) is 12.8 Å². The first-order valence-corrected chi connectivity index (χ1v) is 9.39. The van der Waals surface area contributed by atoms with Gasteiger partial charge in [-0.3, -0.25) is 9.78 Å². The van der Waals surface area contributed by atoms with Crippen LogP contribution in [0.1, 0.15) is 55.3 Å². The molecule has 1 aliphatic heterocycles. The highest BCUT2D eigenvalue weighted by molar-refractivity contribution is 5.87. The Morgan fingerprint density at radius 2 is 1.85 bits per heavy atom. The van der Waals surface area contributed by atoms with Crippen molar-refractivity contribution in [2.45, 2.75) is 44.6 Å². The van der Waals surface area contributed by atoms with Crippen molar-refractivity contribution in [2.75, 3.05) is 7.05 Å². The third-order valence-corrected chi connectivity index (χ3v) is 6.13. The van der Waals surface area contributed by atoms with Crippen molar-refractivity contribution in [3.63, 3.8) is 0 Å². The minimum Gasteiger partial charge on any atom is -0.342 e. The van der Waals surface area contributed by atoms with Crippen molar-refractivity contribution in [3.05, 3.63) is 65.5 Å². The van der Waals surface area contributed by atoms with Gasteiger partial charge in [0.2, 0.25) is 5.91 Å². The molecule has 26 heavy (non-hydrogen) atoms. The van der Waals surface area contributed by atoms with Gasteiger partial charge < -0.3 is 4.90 Å². The van der Waals surface area contributed by atoms with E-state index < -0.39 is 0 Å². The summed E-state index contributed by atoms with van der Waals surface area (Å²) in [5.41, 5.74) is 2.75. The molecule has 0 bridgehead atoms. The number of aromatic nitrogens is 1. The molecule has 0 radical (unpaired) electrons. The van der Waals surface area contributed by atoms with Crippen LogP contribution >= 0.6 is 0 Å². The molecule has 132 valence electrons. The maximum atomic E-state index is 12.9. The van der Waals surface area contributed by atoms with Crippen molar-refractivity contribution in [1.82, 2.24) is 9.88 Å². The van der Waals surface area contributed by atoms with Gasteiger partial charge in [0.15, 0.2) is 0 Å². The summed E-state index contributed by atoms with van der Waals surface area (Å²) in [5, 5.41) is 0. The van der Waals surface area contributed by atoms with E-state index in [9.17, 15) is 4.79 Å². The van der Waals surface area contributed by atoms with Gasteiger partial charge in [0.05, 0.1) is 11.6 Å². The normalized spacial score (nSPS) is 27.6. The lowest BCUT2D eigenvalue weighted by molar-refractivity contribution is -0.129. The van der Waals surface area contributed by atoms with E-state index in [0.29, 0.717) is 6.04 Å². The van der Waals surface area contributed by atoms with Crippen LogP contribution in [0.4, 0.5) is 0 Å². The average molecular weight is 344 g/mol. The van der Waals surface area contributed by atoms with Crippen LogP contribution in [0.3, 0.4) is 0 Å². The number of benzene rings is 1. The lowest BCUT2D eigenvalue weighted by Gasteiger charge is -2.39. The molecule has 1 unspecified atom stereocenters. The van der Waals surface area contributed by atoms with Crippen LogP contribution in [0.2, 0.25) is 0 Å². The largest absolute Gasteiger partial charge is 0.342 e. The summed E-state index contributed by atoms with van der Waals surface area (Å²) in [5.74, 6) is 6.40. The molecule has 0 N–H and O–H groups in total. The van der Waals surface area contributed by atoms with Crippen LogP contribution in [0.25, 0.3) is 0 Å². The maximum absolute atomic E-state index is 12.9. The predicted octanol–water partition coefficient (Wildman–Crippen LogP) is 3.99. The molecule has 2 aromatic rings. The summed E-state index contributed by atoms with van der Waals surface area (Å²) < 4.78 is 0. The van der Waals surface area contributed by atoms with E-state index in [1.54, 1.807) is 6.20 Å². The third-order valence-electron chi connectivity index (χ3n) is 6.13. The fraction of sp³-hybridized carbons (Fsp3) is 0.391. The van der Waals surface area contributed by atoms with Crippen LogP contribution in [-0.2, 0) is 4.79 Å². The van der Waals surface area contributed by atoms with E-state index in [4.69, 9.17) is 0 Å². The van der Waals surface area contributed by atoms with E-state index in [0.717, 1.165) is 29.7 Å². The highest BCUT2D eigenvalue weighted by atomic mass is 16.2. The van der Waals surface area contributed by atoms with Gasteiger partial charge in [-0.25, -0.2) is 0 Å². The van der Waals surface area contributed by atoms with E-state index in [-0.39, 0.29) is 17.2 Å². The summed E-state index contributed by atoms with van der Waals surface area (Å²) in [4.78, 5) is 19.5. The first-order valence-electron chi connectivity index (χ1n) is 9.39. The molecule has 1 aromatic heterocycles. The molecule has 1 aliphatic carbocycles. The number of likely N-dealkylation sites (tertiary alicyclic amines) is 1. The molecule has 4 rings (SSSR count). The van der Waals surface area contributed by atoms with E-state index >= 15 is 0 Å². The van der Waals surface area contributed by atoms with Crippen LogP contribution in [-0.4, -0.2) is 28.9 Å². The summed E-state index contributed by atoms with van der Waals surface area (Å²) >= 11 is 0. The van der Waals surface area contributed by atoms with Crippen LogP contribution in [0, 0.1) is 17.3 Å². The highest BCUT2D eigenvalue weighted by Crippen LogP contribution is 2.53. The van der Waals surface area contributed by atoms with Gasteiger partial charge in [-0.15, -0.1) is 0 Å². The number of amides is 1. The van der Waals surface area contributed by atoms with Crippen molar-refractivity contribution >= 4 is 5.91 Å².